The number of carbonyl (C=O) groups is 1. The summed E-state index contributed by atoms with van der Waals surface area (Å²) in [5, 5.41) is 11.6. The Kier molecular flexibility index (Phi) is 5.72. The molecule has 4 aromatic rings. The minimum atomic E-state index is -0.405. The first kappa shape index (κ1) is 20.3. The molecule has 0 unspecified atom stereocenters. The molecule has 0 fully saturated rings. The zero-order valence-electron chi connectivity index (χ0n) is 16.6. The molecule has 2 aromatic heterocycles. The fraction of sp³-hybridized carbons (Fsp3) is 0.167. The summed E-state index contributed by atoms with van der Waals surface area (Å²) in [7, 11) is 0. The number of fused-ring (bicyclic) bond motifs is 3. The second kappa shape index (κ2) is 8.43. The fourth-order valence-corrected chi connectivity index (χ4v) is 4.68. The van der Waals surface area contributed by atoms with E-state index in [9.17, 15) is 10.1 Å². The number of ether oxygens (including phenoxy) is 1. The largest absolute Gasteiger partial charge is 0.462 e. The van der Waals surface area contributed by atoms with E-state index in [0.29, 0.717) is 27.4 Å². The molecule has 2 aromatic carbocycles. The molecule has 6 heteroatoms. The number of para-hydroxylation sites is 1. The lowest BCUT2D eigenvalue weighted by molar-refractivity contribution is 0.0527. The van der Waals surface area contributed by atoms with Gasteiger partial charge in [-0.15, -0.1) is 11.8 Å². The predicted octanol–water partition coefficient (Wildman–Crippen LogP) is 6.40. The van der Waals surface area contributed by atoms with E-state index in [4.69, 9.17) is 16.3 Å². The van der Waals surface area contributed by atoms with Crippen molar-refractivity contribution in [3.8, 4) is 6.07 Å². The molecule has 4 nitrogen and oxygen atoms in total. The maximum atomic E-state index is 12.8. The number of carbonyl (C=O) groups excluding carboxylic acids is 1. The van der Waals surface area contributed by atoms with E-state index in [-0.39, 0.29) is 6.61 Å². The molecule has 0 aliphatic heterocycles. The highest BCUT2D eigenvalue weighted by Gasteiger charge is 2.24. The van der Waals surface area contributed by atoms with Gasteiger partial charge in [-0.1, -0.05) is 29.8 Å². The van der Waals surface area contributed by atoms with Crippen LogP contribution in [0.2, 0.25) is 5.02 Å². The highest BCUT2D eigenvalue weighted by Crippen LogP contribution is 2.34. The topological polar surface area (TPSA) is 54.5 Å². The van der Waals surface area contributed by atoms with Crippen molar-refractivity contribution < 1.29 is 9.53 Å². The van der Waals surface area contributed by atoms with Gasteiger partial charge in [0.15, 0.2) is 0 Å². The van der Waals surface area contributed by atoms with Crippen LogP contribution in [0.5, 0.6) is 0 Å². The summed E-state index contributed by atoms with van der Waals surface area (Å²) in [5.74, 6) is 0.194. The van der Waals surface area contributed by atoms with Gasteiger partial charge in [0.1, 0.15) is 6.07 Å². The number of nitrogens with zero attached hydrogens (tertiary/aromatic N) is 2. The molecule has 0 radical (unpaired) electrons. The maximum Gasteiger partial charge on any atom is 0.340 e. The van der Waals surface area contributed by atoms with E-state index in [1.807, 2.05) is 66.1 Å². The number of pyridine rings is 1. The lowest BCUT2D eigenvalue weighted by Gasteiger charge is -2.13. The van der Waals surface area contributed by atoms with Gasteiger partial charge in [-0.2, -0.15) is 5.26 Å². The van der Waals surface area contributed by atoms with Crippen LogP contribution >= 0.6 is 23.4 Å². The van der Waals surface area contributed by atoms with E-state index in [2.05, 4.69) is 6.07 Å². The number of benzene rings is 2. The standard InChI is InChI=1S/C24H19ClN2O2S/c1-3-29-24(28)22-15(2)19-6-4-5-7-21(19)27-13-16(20(12-26)23(22)27)14-30-18-10-8-17(25)9-11-18/h4-11,13H,3,14H2,1-2H3. The number of hydrogen-bond donors (Lipinski definition) is 0. The van der Waals surface area contributed by atoms with Crippen LogP contribution in [0.1, 0.15) is 34.0 Å². The minimum Gasteiger partial charge on any atom is -0.462 e. The molecule has 0 aliphatic carbocycles. The summed E-state index contributed by atoms with van der Waals surface area (Å²) >= 11 is 7.60. The molecule has 2 heterocycles. The van der Waals surface area contributed by atoms with Gasteiger partial charge in [-0.3, -0.25) is 0 Å². The van der Waals surface area contributed by atoms with E-state index >= 15 is 0 Å². The highest BCUT2D eigenvalue weighted by molar-refractivity contribution is 7.98. The Morgan fingerprint density at radius 2 is 1.93 bits per heavy atom. The minimum absolute atomic E-state index is 0.277. The SMILES string of the molecule is CCOC(=O)c1c(C)c2ccccc2n2cc(CSc3ccc(Cl)cc3)c(C#N)c12. The molecule has 0 atom stereocenters. The summed E-state index contributed by atoms with van der Waals surface area (Å²) < 4.78 is 7.28. The van der Waals surface area contributed by atoms with Crippen LogP contribution in [0.4, 0.5) is 0 Å². The third kappa shape index (κ3) is 3.54. The van der Waals surface area contributed by atoms with Gasteiger partial charge in [0.05, 0.1) is 28.8 Å². The van der Waals surface area contributed by atoms with Gasteiger partial charge >= 0.3 is 5.97 Å². The van der Waals surface area contributed by atoms with Gasteiger partial charge in [0.25, 0.3) is 0 Å². The van der Waals surface area contributed by atoms with E-state index < -0.39 is 5.97 Å². The lowest BCUT2D eigenvalue weighted by atomic mass is 10.0. The van der Waals surface area contributed by atoms with E-state index in [1.54, 1.807) is 18.7 Å². The molecule has 4 rings (SSSR count). The van der Waals surface area contributed by atoms with Crippen molar-refractivity contribution in [2.45, 2.75) is 24.5 Å². The normalized spacial score (nSPS) is 11.0. The Labute approximate surface area is 184 Å². The summed E-state index contributed by atoms with van der Waals surface area (Å²) in [6.45, 7) is 3.97. The number of nitriles is 1. The second-order valence-corrected chi connectivity index (χ2v) is 8.33. The maximum absolute atomic E-state index is 12.8. The molecule has 30 heavy (non-hydrogen) atoms. The van der Waals surface area contributed by atoms with Crippen LogP contribution in [0.3, 0.4) is 0 Å². The molecule has 0 spiro atoms. The van der Waals surface area contributed by atoms with Crippen molar-refractivity contribution in [1.82, 2.24) is 4.40 Å². The van der Waals surface area contributed by atoms with Crippen molar-refractivity contribution in [2.24, 2.45) is 0 Å². The highest BCUT2D eigenvalue weighted by atomic mass is 35.5. The third-order valence-electron chi connectivity index (χ3n) is 5.06. The van der Waals surface area contributed by atoms with Crippen LogP contribution in [0.25, 0.3) is 16.4 Å². The summed E-state index contributed by atoms with van der Waals surface area (Å²) in [4.78, 5) is 13.9. The van der Waals surface area contributed by atoms with Crippen LogP contribution < -0.4 is 0 Å². The number of aromatic nitrogens is 1. The zero-order valence-corrected chi connectivity index (χ0v) is 18.2. The first-order chi connectivity index (χ1) is 14.5. The van der Waals surface area contributed by atoms with E-state index in [1.165, 1.54) is 0 Å². The van der Waals surface area contributed by atoms with Gasteiger partial charge in [-0.05, 0) is 55.3 Å². The Hall–Kier alpha value is -2.94. The molecule has 0 aliphatic rings. The van der Waals surface area contributed by atoms with E-state index in [0.717, 1.165) is 26.9 Å². The Morgan fingerprint density at radius 1 is 1.20 bits per heavy atom. The van der Waals surface area contributed by atoms with Gasteiger partial charge in [0, 0.05) is 27.3 Å². The summed E-state index contributed by atoms with van der Waals surface area (Å²) in [5.41, 5.74) is 4.22. The van der Waals surface area contributed by atoms with Crippen molar-refractivity contribution in [2.75, 3.05) is 6.61 Å². The van der Waals surface area contributed by atoms with Crippen molar-refractivity contribution in [3.05, 3.63) is 82.0 Å². The van der Waals surface area contributed by atoms with Crippen molar-refractivity contribution in [3.63, 3.8) is 0 Å². The van der Waals surface area contributed by atoms with Crippen LogP contribution in [0, 0.1) is 18.3 Å². The Morgan fingerprint density at radius 3 is 2.63 bits per heavy atom. The number of hydrogen-bond acceptors (Lipinski definition) is 4. The molecule has 0 bridgehead atoms. The molecule has 0 saturated heterocycles. The third-order valence-corrected chi connectivity index (χ3v) is 6.38. The Balaban J connectivity index is 1.92. The molecule has 0 saturated carbocycles. The summed E-state index contributed by atoms with van der Waals surface area (Å²) in [6, 6.07) is 17.8. The quantitative estimate of drug-likeness (QED) is 0.269. The molecular formula is C24H19ClN2O2S. The fourth-order valence-electron chi connectivity index (χ4n) is 3.69. The van der Waals surface area contributed by atoms with Crippen LogP contribution in [-0.2, 0) is 10.5 Å². The smallest absolute Gasteiger partial charge is 0.340 e. The molecule has 0 amide bonds. The Bertz CT molecular complexity index is 1300. The first-order valence-corrected chi connectivity index (χ1v) is 10.9. The van der Waals surface area contributed by atoms with Crippen molar-refractivity contribution >= 4 is 45.8 Å². The van der Waals surface area contributed by atoms with Crippen LogP contribution in [-0.4, -0.2) is 17.0 Å². The number of thioether (sulfide) groups is 1. The second-order valence-electron chi connectivity index (χ2n) is 6.84. The van der Waals surface area contributed by atoms with Gasteiger partial charge in [0.2, 0.25) is 0 Å². The average Bonchev–Trinajstić information content (AvgIpc) is 3.12. The number of halogens is 1. The monoisotopic (exact) mass is 434 g/mol. The molecule has 150 valence electrons. The number of aryl methyl sites for hydroxylation is 1. The zero-order chi connectivity index (χ0) is 21.3. The molecular weight excluding hydrogens is 416 g/mol. The predicted molar refractivity (Wildman–Crippen MR) is 121 cm³/mol. The first-order valence-electron chi connectivity index (χ1n) is 9.56. The van der Waals surface area contributed by atoms with Gasteiger partial charge in [-0.25, -0.2) is 4.79 Å². The lowest BCUT2D eigenvalue weighted by Crippen LogP contribution is -2.10. The van der Waals surface area contributed by atoms with Crippen molar-refractivity contribution in [1.29, 1.82) is 5.26 Å². The summed E-state index contributed by atoms with van der Waals surface area (Å²) in [6.07, 6.45) is 1.96. The average molecular weight is 435 g/mol. The number of rotatable bonds is 5. The van der Waals surface area contributed by atoms with Gasteiger partial charge < -0.3 is 9.14 Å². The number of esters is 1. The molecule has 0 N–H and O–H groups in total. The van der Waals surface area contributed by atoms with Crippen LogP contribution in [0.15, 0.2) is 59.6 Å².